The Balaban J connectivity index is 1.72. The van der Waals surface area contributed by atoms with Gasteiger partial charge < -0.3 is 15.4 Å². The third kappa shape index (κ3) is 4.99. The zero-order valence-electron chi connectivity index (χ0n) is 16.7. The number of esters is 1. The number of hydrogen-bond acceptors (Lipinski definition) is 5. The van der Waals surface area contributed by atoms with Crippen LogP contribution in [0.3, 0.4) is 0 Å². The van der Waals surface area contributed by atoms with Gasteiger partial charge in [-0.2, -0.15) is 0 Å². The summed E-state index contributed by atoms with van der Waals surface area (Å²) in [6.45, 7) is 6.11. The molecule has 0 aliphatic rings. The van der Waals surface area contributed by atoms with E-state index < -0.39 is 0 Å². The topological polar surface area (TPSA) is 80.3 Å². The van der Waals surface area contributed by atoms with Crippen molar-refractivity contribution in [3.05, 3.63) is 83.0 Å². The van der Waals surface area contributed by atoms with Crippen LogP contribution in [0.2, 0.25) is 0 Å². The average molecular weight is 389 g/mol. The molecule has 2 aromatic carbocycles. The van der Waals surface area contributed by atoms with Crippen LogP contribution in [0.25, 0.3) is 0 Å². The number of pyridine rings is 1. The van der Waals surface area contributed by atoms with Gasteiger partial charge in [-0.05, 0) is 68.3 Å². The zero-order valence-corrected chi connectivity index (χ0v) is 16.7. The van der Waals surface area contributed by atoms with Crippen LogP contribution in [0, 0.1) is 13.8 Å². The lowest BCUT2D eigenvalue weighted by molar-refractivity contribution is 0.0526. The summed E-state index contributed by atoms with van der Waals surface area (Å²) in [5.74, 6) is -0.0599. The number of amides is 1. The molecule has 3 rings (SSSR count). The molecular formula is C23H23N3O3. The first-order chi connectivity index (χ1) is 14.0. The highest BCUT2D eigenvalue weighted by molar-refractivity contribution is 6.05. The quantitative estimate of drug-likeness (QED) is 0.588. The molecule has 0 fully saturated rings. The SMILES string of the molecule is CCOC(=O)c1ccc(NC(=O)c2ccnc(Nc3c(C)cccc3C)c2)cc1. The van der Waals surface area contributed by atoms with Gasteiger partial charge in [0.25, 0.3) is 5.91 Å². The molecule has 0 aliphatic carbocycles. The number of ether oxygens (including phenoxy) is 1. The van der Waals surface area contributed by atoms with Gasteiger partial charge >= 0.3 is 5.97 Å². The maximum Gasteiger partial charge on any atom is 0.338 e. The smallest absolute Gasteiger partial charge is 0.338 e. The highest BCUT2D eigenvalue weighted by Gasteiger charge is 2.11. The van der Waals surface area contributed by atoms with E-state index in [4.69, 9.17) is 4.74 Å². The number of nitrogens with one attached hydrogen (secondary N) is 2. The average Bonchev–Trinajstić information content (AvgIpc) is 2.72. The third-order valence-corrected chi connectivity index (χ3v) is 4.41. The van der Waals surface area contributed by atoms with Crippen LogP contribution in [0.4, 0.5) is 17.2 Å². The minimum atomic E-state index is -0.387. The van der Waals surface area contributed by atoms with E-state index in [0.717, 1.165) is 16.8 Å². The predicted octanol–water partition coefficient (Wildman–Crippen LogP) is 4.87. The highest BCUT2D eigenvalue weighted by atomic mass is 16.5. The van der Waals surface area contributed by atoms with Gasteiger partial charge in [-0.15, -0.1) is 0 Å². The Morgan fingerprint density at radius 1 is 0.966 bits per heavy atom. The number of benzene rings is 2. The fraction of sp³-hybridized carbons (Fsp3) is 0.174. The second-order valence-electron chi connectivity index (χ2n) is 6.57. The van der Waals surface area contributed by atoms with Gasteiger partial charge in [-0.1, -0.05) is 18.2 Å². The molecule has 0 saturated heterocycles. The van der Waals surface area contributed by atoms with Crippen molar-refractivity contribution in [3.8, 4) is 0 Å². The minimum Gasteiger partial charge on any atom is -0.462 e. The highest BCUT2D eigenvalue weighted by Crippen LogP contribution is 2.23. The molecule has 2 N–H and O–H groups in total. The summed E-state index contributed by atoms with van der Waals surface area (Å²) >= 11 is 0. The Morgan fingerprint density at radius 3 is 2.31 bits per heavy atom. The molecule has 6 nitrogen and oxygen atoms in total. The van der Waals surface area contributed by atoms with Crippen molar-refractivity contribution in [3.63, 3.8) is 0 Å². The minimum absolute atomic E-state index is 0.263. The van der Waals surface area contributed by atoms with Gasteiger partial charge in [-0.25, -0.2) is 9.78 Å². The molecule has 0 unspecified atom stereocenters. The van der Waals surface area contributed by atoms with Gasteiger partial charge in [0.15, 0.2) is 0 Å². The van der Waals surface area contributed by atoms with E-state index in [2.05, 4.69) is 15.6 Å². The van der Waals surface area contributed by atoms with Crippen molar-refractivity contribution in [2.75, 3.05) is 17.2 Å². The summed E-state index contributed by atoms with van der Waals surface area (Å²) in [7, 11) is 0. The van der Waals surface area contributed by atoms with Crippen molar-refractivity contribution in [1.29, 1.82) is 0 Å². The number of rotatable bonds is 6. The molecule has 0 spiro atoms. The molecule has 0 atom stereocenters. The number of carbonyl (C=O) groups is 2. The molecule has 1 amide bonds. The molecule has 0 aliphatic heterocycles. The van der Waals surface area contributed by atoms with Gasteiger partial charge in [-0.3, -0.25) is 4.79 Å². The molecule has 0 bridgehead atoms. The maximum absolute atomic E-state index is 12.6. The van der Waals surface area contributed by atoms with Crippen LogP contribution in [-0.4, -0.2) is 23.5 Å². The van der Waals surface area contributed by atoms with Crippen molar-refractivity contribution in [2.24, 2.45) is 0 Å². The van der Waals surface area contributed by atoms with Crippen LogP contribution in [-0.2, 0) is 4.74 Å². The lowest BCUT2D eigenvalue weighted by Gasteiger charge is -2.13. The van der Waals surface area contributed by atoms with Crippen LogP contribution in [0.5, 0.6) is 0 Å². The molecule has 1 aromatic heterocycles. The van der Waals surface area contributed by atoms with E-state index in [-0.39, 0.29) is 11.9 Å². The number of nitrogens with zero attached hydrogens (tertiary/aromatic N) is 1. The summed E-state index contributed by atoms with van der Waals surface area (Å²) in [6, 6.07) is 16.0. The van der Waals surface area contributed by atoms with Crippen molar-refractivity contribution in [1.82, 2.24) is 4.98 Å². The Kier molecular flexibility index (Phi) is 6.24. The molecule has 29 heavy (non-hydrogen) atoms. The first-order valence-corrected chi connectivity index (χ1v) is 9.35. The summed E-state index contributed by atoms with van der Waals surface area (Å²) in [5.41, 5.74) is 4.68. The number of anilines is 3. The van der Waals surface area contributed by atoms with Crippen LogP contribution < -0.4 is 10.6 Å². The molecular weight excluding hydrogens is 366 g/mol. The predicted molar refractivity (Wildman–Crippen MR) is 114 cm³/mol. The van der Waals surface area contributed by atoms with Gasteiger partial charge in [0, 0.05) is 23.1 Å². The van der Waals surface area contributed by atoms with Crippen molar-refractivity contribution >= 4 is 29.1 Å². The monoisotopic (exact) mass is 389 g/mol. The van der Waals surface area contributed by atoms with Gasteiger partial charge in [0.2, 0.25) is 0 Å². The summed E-state index contributed by atoms with van der Waals surface area (Å²) in [4.78, 5) is 28.6. The molecule has 0 saturated carbocycles. The number of carbonyl (C=O) groups excluding carboxylic acids is 2. The molecule has 0 radical (unpaired) electrons. The number of aryl methyl sites for hydroxylation is 2. The van der Waals surface area contributed by atoms with Crippen LogP contribution in [0.15, 0.2) is 60.8 Å². The van der Waals surface area contributed by atoms with Crippen molar-refractivity contribution < 1.29 is 14.3 Å². The summed E-state index contributed by atoms with van der Waals surface area (Å²) in [5, 5.41) is 6.11. The second-order valence-corrected chi connectivity index (χ2v) is 6.57. The molecule has 3 aromatic rings. The summed E-state index contributed by atoms with van der Waals surface area (Å²) in [6.07, 6.45) is 1.59. The third-order valence-electron chi connectivity index (χ3n) is 4.41. The Morgan fingerprint density at radius 2 is 1.66 bits per heavy atom. The lowest BCUT2D eigenvalue weighted by atomic mass is 10.1. The largest absolute Gasteiger partial charge is 0.462 e. The second kappa shape index (κ2) is 9.01. The van der Waals surface area contributed by atoms with E-state index in [1.165, 1.54) is 0 Å². The molecule has 1 heterocycles. The first-order valence-electron chi connectivity index (χ1n) is 9.35. The maximum atomic E-state index is 12.6. The van der Waals surface area contributed by atoms with Crippen LogP contribution in [0.1, 0.15) is 38.8 Å². The Hall–Kier alpha value is -3.67. The van der Waals surface area contributed by atoms with E-state index in [1.807, 2.05) is 32.0 Å². The summed E-state index contributed by atoms with van der Waals surface area (Å²) < 4.78 is 4.96. The van der Waals surface area contributed by atoms with Gasteiger partial charge in [0.05, 0.1) is 12.2 Å². The zero-order chi connectivity index (χ0) is 20.8. The van der Waals surface area contributed by atoms with E-state index in [0.29, 0.717) is 29.2 Å². The number of para-hydroxylation sites is 1. The van der Waals surface area contributed by atoms with E-state index >= 15 is 0 Å². The fourth-order valence-electron chi connectivity index (χ4n) is 2.89. The van der Waals surface area contributed by atoms with E-state index in [1.54, 1.807) is 49.5 Å². The fourth-order valence-corrected chi connectivity index (χ4v) is 2.89. The standard InChI is InChI=1S/C23H23N3O3/c1-4-29-23(28)17-8-10-19(11-9-17)25-22(27)18-12-13-24-20(14-18)26-21-15(2)6-5-7-16(21)3/h5-14H,4H2,1-3H3,(H,24,26)(H,25,27). The normalized spacial score (nSPS) is 10.3. The number of hydrogen-bond donors (Lipinski definition) is 2. The Bertz CT molecular complexity index is 1010. The van der Waals surface area contributed by atoms with Crippen molar-refractivity contribution in [2.45, 2.75) is 20.8 Å². The van der Waals surface area contributed by atoms with Crippen LogP contribution >= 0.6 is 0 Å². The van der Waals surface area contributed by atoms with Gasteiger partial charge in [0.1, 0.15) is 5.82 Å². The lowest BCUT2D eigenvalue weighted by Crippen LogP contribution is -2.13. The number of aromatic nitrogens is 1. The molecule has 148 valence electrons. The molecule has 6 heteroatoms. The van der Waals surface area contributed by atoms with E-state index in [9.17, 15) is 9.59 Å². The first kappa shape index (κ1) is 20.1. The Labute approximate surface area is 169 Å².